The maximum atomic E-state index is 5.77. The van der Waals surface area contributed by atoms with Crippen molar-refractivity contribution in [3.8, 4) is 0 Å². The van der Waals surface area contributed by atoms with Gasteiger partial charge in [-0.05, 0) is 56.3 Å². The smallest absolute Gasteiger partial charge is 0.190 e. The molecule has 1 aliphatic heterocycles. The molecule has 0 aromatic heterocycles. The van der Waals surface area contributed by atoms with Crippen LogP contribution in [0.4, 0.5) is 0 Å². The Bertz CT molecular complexity index is 382. The number of guanidine groups is 1. The van der Waals surface area contributed by atoms with Gasteiger partial charge in [-0.1, -0.05) is 6.42 Å². The van der Waals surface area contributed by atoms with Gasteiger partial charge in [-0.25, -0.2) is 0 Å². The molecular weight excluding hydrogens is 290 g/mol. The molecule has 4 unspecified atom stereocenters. The fourth-order valence-corrected chi connectivity index (χ4v) is 4.50. The lowest BCUT2D eigenvalue weighted by molar-refractivity contribution is 0.0420. The number of nitrogens with zero attached hydrogens (tertiary/aromatic N) is 1. The summed E-state index contributed by atoms with van der Waals surface area (Å²) in [5.41, 5.74) is 0. The summed E-state index contributed by atoms with van der Waals surface area (Å²) < 4.78 is 11.1. The SMILES string of the molecule is CN=C(NCCCOC1CCOC1)NCCC1CC2CCC1C2. The molecule has 1 heterocycles. The first-order valence-corrected chi connectivity index (χ1v) is 9.49. The van der Waals surface area contributed by atoms with Gasteiger partial charge in [0.25, 0.3) is 0 Å². The van der Waals surface area contributed by atoms with Crippen LogP contribution in [0.3, 0.4) is 0 Å². The van der Waals surface area contributed by atoms with Gasteiger partial charge < -0.3 is 20.1 Å². The predicted molar refractivity (Wildman–Crippen MR) is 92.7 cm³/mol. The number of hydrogen-bond acceptors (Lipinski definition) is 3. The Morgan fingerprint density at radius 2 is 2.09 bits per heavy atom. The zero-order chi connectivity index (χ0) is 15.9. The Kier molecular flexibility index (Phi) is 6.57. The van der Waals surface area contributed by atoms with Crippen molar-refractivity contribution in [3.05, 3.63) is 0 Å². The van der Waals surface area contributed by atoms with Crippen LogP contribution in [-0.2, 0) is 9.47 Å². The Morgan fingerprint density at radius 1 is 1.17 bits per heavy atom. The summed E-state index contributed by atoms with van der Waals surface area (Å²) in [6.07, 6.45) is 9.61. The van der Waals surface area contributed by atoms with Crippen LogP contribution in [0, 0.1) is 17.8 Å². The second-order valence-electron chi connectivity index (χ2n) is 7.36. The third kappa shape index (κ3) is 5.08. The zero-order valence-corrected chi connectivity index (χ0v) is 14.6. The van der Waals surface area contributed by atoms with Crippen LogP contribution in [0.25, 0.3) is 0 Å². The lowest BCUT2D eigenvalue weighted by Crippen LogP contribution is -2.39. The van der Waals surface area contributed by atoms with Gasteiger partial charge in [-0.3, -0.25) is 4.99 Å². The van der Waals surface area contributed by atoms with Crippen molar-refractivity contribution in [2.75, 3.05) is 40.0 Å². The van der Waals surface area contributed by atoms with Crippen molar-refractivity contribution in [2.24, 2.45) is 22.7 Å². The summed E-state index contributed by atoms with van der Waals surface area (Å²) >= 11 is 0. The molecule has 132 valence electrons. The van der Waals surface area contributed by atoms with Crippen LogP contribution >= 0.6 is 0 Å². The standard InChI is InChI=1S/C18H33N3O2/c1-19-18(20-7-2-9-23-17-6-10-22-13-17)21-8-5-16-12-14-3-4-15(16)11-14/h14-17H,2-13H2,1H3,(H2,19,20,21). The topological polar surface area (TPSA) is 54.9 Å². The summed E-state index contributed by atoms with van der Waals surface area (Å²) in [6.45, 7) is 4.36. The Morgan fingerprint density at radius 3 is 2.78 bits per heavy atom. The third-order valence-corrected chi connectivity index (χ3v) is 5.77. The first-order chi connectivity index (χ1) is 11.3. The van der Waals surface area contributed by atoms with E-state index in [2.05, 4.69) is 15.6 Å². The minimum absolute atomic E-state index is 0.314. The molecule has 0 amide bonds. The van der Waals surface area contributed by atoms with Gasteiger partial charge in [0.1, 0.15) is 0 Å². The van der Waals surface area contributed by atoms with Crippen molar-refractivity contribution in [2.45, 2.75) is 51.0 Å². The predicted octanol–water partition coefficient (Wildman–Crippen LogP) is 2.17. The summed E-state index contributed by atoms with van der Waals surface area (Å²) in [4.78, 5) is 4.31. The number of aliphatic imine (C=N–C) groups is 1. The van der Waals surface area contributed by atoms with E-state index in [1.54, 1.807) is 0 Å². The van der Waals surface area contributed by atoms with Gasteiger partial charge in [0.15, 0.2) is 5.96 Å². The maximum Gasteiger partial charge on any atom is 0.190 e. The van der Waals surface area contributed by atoms with Gasteiger partial charge in [0, 0.05) is 33.4 Å². The molecule has 2 saturated carbocycles. The summed E-state index contributed by atoms with van der Waals surface area (Å²) in [7, 11) is 1.85. The molecule has 0 aromatic rings. The monoisotopic (exact) mass is 323 g/mol. The lowest BCUT2D eigenvalue weighted by atomic mass is 9.86. The Hall–Kier alpha value is -0.810. The van der Waals surface area contributed by atoms with E-state index < -0.39 is 0 Å². The van der Waals surface area contributed by atoms with E-state index in [0.29, 0.717) is 6.10 Å². The van der Waals surface area contributed by atoms with E-state index in [-0.39, 0.29) is 0 Å². The second kappa shape index (κ2) is 8.88. The Balaban J connectivity index is 1.21. The highest BCUT2D eigenvalue weighted by Crippen LogP contribution is 2.49. The van der Waals surface area contributed by atoms with Crippen molar-refractivity contribution in [1.82, 2.24) is 10.6 Å². The van der Waals surface area contributed by atoms with Gasteiger partial charge >= 0.3 is 0 Å². The average molecular weight is 323 g/mol. The van der Waals surface area contributed by atoms with E-state index in [1.807, 2.05) is 7.05 Å². The van der Waals surface area contributed by atoms with E-state index in [0.717, 1.165) is 69.5 Å². The molecule has 5 nitrogen and oxygen atoms in total. The van der Waals surface area contributed by atoms with Crippen LogP contribution in [0.5, 0.6) is 0 Å². The fourth-order valence-electron chi connectivity index (χ4n) is 4.50. The largest absolute Gasteiger partial charge is 0.379 e. The van der Waals surface area contributed by atoms with Crippen LogP contribution in [0.1, 0.15) is 44.9 Å². The first-order valence-electron chi connectivity index (χ1n) is 9.49. The minimum atomic E-state index is 0.314. The van der Waals surface area contributed by atoms with Crippen molar-refractivity contribution < 1.29 is 9.47 Å². The molecule has 5 heteroatoms. The number of nitrogens with one attached hydrogen (secondary N) is 2. The highest BCUT2D eigenvalue weighted by molar-refractivity contribution is 5.79. The molecular formula is C18H33N3O2. The lowest BCUT2D eigenvalue weighted by Gasteiger charge is -2.22. The average Bonchev–Trinajstić information content (AvgIpc) is 3.30. The molecule has 0 spiro atoms. The summed E-state index contributed by atoms with van der Waals surface area (Å²) in [5, 5.41) is 6.85. The molecule has 3 fully saturated rings. The number of fused-ring (bicyclic) bond motifs is 2. The summed E-state index contributed by atoms with van der Waals surface area (Å²) in [5.74, 6) is 3.96. The van der Waals surface area contributed by atoms with Crippen LogP contribution in [0.2, 0.25) is 0 Å². The maximum absolute atomic E-state index is 5.77. The molecule has 2 bridgehead atoms. The molecule has 2 aliphatic carbocycles. The number of rotatable bonds is 8. The van der Waals surface area contributed by atoms with Crippen LogP contribution in [0.15, 0.2) is 4.99 Å². The Labute approximate surface area is 140 Å². The summed E-state index contributed by atoms with van der Waals surface area (Å²) in [6, 6.07) is 0. The van der Waals surface area contributed by atoms with Crippen LogP contribution in [-0.4, -0.2) is 52.0 Å². The molecule has 3 aliphatic rings. The molecule has 2 N–H and O–H groups in total. The fraction of sp³-hybridized carbons (Fsp3) is 0.944. The van der Waals surface area contributed by atoms with Crippen molar-refractivity contribution in [3.63, 3.8) is 0 Å². The number of hydrogen-bond donors (Lipinski definition) is 2. The third-order valence-electron chi connectivity index (χ3n) is 5.77. The van der Waals surface area contributed by atoms with Gasteiger partial charge in [-0.2, -0.15) is 0 Å². The van der Waals surface area contributed by atoms with Crippen molar-refractivity contribution in [1.29, 1.82) is 0 Å². The van der Waals surface area contributed by atoms with Crippen LogP contribution < -0.4 is 10.6 Å². The molecule has 0 aromatic carbocycles. The molecule has 1 saturated heterocycles. The molecule has 23 heavy (non-hydrogen) atoms. The molecule has 3 rings (SSSR count). The minimum Gasteiger partial charge on any atom is -0.379 e. The van der Waals surface area contributed by atoms with E-state index >= 15 is 0 Å². The highest BCUT2D eigenvalue weighted by Gasteiger charge is 2.38. The molecule has 4 atom stereocenters. The van der Waals surface area contributed by atoms with E-state index in [4.69, 9.17) is 9.47 Å². The molecule has 0 radical (unpaired) electrons. The van der Waals surface area contributed by atoms with Gasteiger partial charge in [-0.15, -0.1) is 0 Å². The van der Waals surface area contributed by atoms with E-state index in [9.17, 15) is 0 Å². The zero-order valence-electron chi connectivity index (χ0n) is 14.6. The second-order valence-corrected chi connectivity index (χ2v) is 7.36. The van der Waals surface area contributed by atoms with E-state index in [1.165, 1.54) is 32.1 Å². The van der Waals surface area contributed by atoms with Crippen molar-refractivity contribution >= 4 is 5.96 Å². The highest BCUT2D eigenvalue weighted by atomic mass is 16.5. The normalized spacial score (nSPS) is 33.3. The van der Waals surface area contributed by atoms with Gasteiger partial charge in [0.2, 0.25) is 0 Å². The quantitative estimate of drug-likeness (QED) is 0.408. The number of ether oxygens (including phenoxy) is 2. The first kappa shape index (κ1) is 17.0. The van der Waals surface area contributed by atoms with Gasteiger partial charge in [0.05, 0.1) is 12.7 Å².